The molecule has 0 spiro atoms. The van der Waals surface area contributed by atoms with E-state index < -0.39 is 0 Å². The van der Waals surface area contributed by atoms with Gasteiger partial charge in [-0.3, -0.25) is 9.36 Å². The molecule has 0 saturated carbocycles. The number of rotatable bonds is 5. The fraction of sp³-hybridized carbons (Fsp3) is 0.182. The zero-order valence-corrected chi connectivity index (χ0v) is 15.1. The summed E-state index contributed by atoms with van der Waals surface area (Å²) in [5, 5.41) is 9.03. The number of nitrogens with zero attached hydrogens (tertiary/aromatic N) is 4. The van der Waals surface area contributed by atoms with Gasteiger partial charge in [-0.1, -0.05) is 48.5 Å². The van der Waals surface area contributed by atoms with E-state index in [2.05, 4.69) is 85.0 Å². The Bertz CT molecular complexity index is 942. The monoisotopic (exact) mass is 342 g/mol. The molecule has 4 aromatic rings. The molecular weight excluding hydrogens is 320 g/mol. The molecule has 0 unspecified atom stereocenters. The predicted molar refractivity (Wildman–Crippen MR) is 104 cm³/mol. The van der Waals surface area contributed by atoms with Crippen molar-refractivity contribution >= 4 is 0 Å². The van der Waals surface area contributed by atoms with Gasteiger partial charge < -0.3 is 0 Å². The minimum absolute atomic E-state index is 0.782. The molecule has 2 aromatic carbocycles. The second-order valence-electron chi connectivity index (χ2n) is 6.71. The van der Waals surface area contributed by atoms with E-state index in [0.29, 0.717) is 0 Å². The van der Waals surface area contributed by atoms with Crippen LogP contribution >= 0.6 is 0 Å². The molecule has 2 heterocycles. The van der Waals surface area contributed by atoms with E-state index in [1.165, 1.54) is 22.3 Å². The third kappa shape index (κ3) is 3.45. The number of hydrogen-bond acceptors (Lipinski definition) is 2. The SMILES string of the molecule is Cc1ccccc1Cn1cc(-c2cnn(Cc3ccccc3C)c2)cn1. The molecule has 0 atom stereocenters. The number of hydrogen-bond donors (Lipinski definition) is 0. The van der Waals surface area contributed by atoms with Crippen LogP contribution in [-0.2, 0) is 13.1 Å². The van der Waals surface area contributed by atoms with Crippen LogP contribution in [0, 0.1) is 13.8 Å². The van der Waals surface area contributed by atoms with Crippen molar-refractivity contribution in [3.63, 3.8) is 0 Å². The second-order valence-corrected chi connectivity index (χ2v) is 6.71. The summed E-state index contributed by atoms with van der Waals surface area (Å²) < 4.78 is 3.96. The molecule has 0 bridgehead atoms. The summed E-state index contributed by atoms with van der Waals surface area (Å²) in [6, 6.07) is 16.8. The maximum atomic E-state index is 4.52. The average Bonchev–Trinajstić information content (AvgIpc) is 3.28. The molecule has 2 aromatic heterocycles. The summed E-state index contributed by atoms with van der Waals surface area (Å²) in [5.41, 5.74) is 7.34. The van der Waals surface area contributed by atoms with Gasteiger partial charge in [0.15, 0.2) is 0 Å². The van der Waals surface area contributed by atoms with Crippen molar-refractivity contribution in [2.45, 2.75) is 26.9 Å². The van der Waals surface area contributed by atoms with Gasteiger partial charge in [0.1, 0.15) is 0 Å². The maximum absolute atomic E-state index is 4.52. The lowest BCUT2D eigenvalue weighted by Crippen LogP contribution is -2.01. The Morgan fingerprint density at radius 1 is 0.654 bits per heavy atom. The van der Waals surface area contributed by atoms with Crippen LogP contribution in [0.3, 0.4) is 0 Å². The van der Waals surface area contributed by atoms with Crippen LogP contribution in [0.5, 0.6) is 0 Å². The molecule has 0 aliphatic rings. The van der Waals surface area contributed by atoms with Gasteiger partial charge in [-0.05, 0) is 36.1 Å². The normalized spacial score (nSPS) is 11.0. The first-order chi connectivity index (χ1) is 12.7. The highest BCUT2D eigenvalue weighted by Crippen LogP contribution is 2.19. The Morgan fingerprint density at radius 3 is 1.50 bits per heavy atom. The molecule has 4 heteroatoms. The fourth-order valence-corrected chi connectivity index (χ4v) is 3.12. The summed E-state index contributed by atoms with van der Waals surface area (Å²) in [6.45, 7) is 5.83. The molecular formula is C22H22N4. The highest BCUT2D eigenvalue weighted by Gasteiger charge is 2.07. The lowest BCUT2D eigenvalue weighted by atomic mass is 10.1. The molecule has 4 rings (SSSR count). The highest BCUT2D eigenvalue weighted by atomic mass is 15.3. The molecule has 0 aliphatic heterocycles. The third-order valence-corrected chi connectivity index (χ3v) is 4.79. The largest absolute Gasteiger partial charge is 0.268 e. The highest BCUT2D eigenvalue weighted by molar-refractivity contribution is 5.59. The average molecular weight is 342 g/mol. The van der Waals surface area contributed by atoms with E-state index in [1.54, 1.807) is 0 Å². The molecule has 0 radical (unpaired) electrons. The van der Waals surface area contributed by atoms with Gasteiger partial charge >= 0.3 is 0 Å². The van der Waals surface area contributed by atoms with E-state index in [-0.39, 0.29) is 0 Å². The van der Waals surface area contributed by atoms with Crippen LogP contribution in [0.1, 0.15) is 22.3 Å². The number of aromatic nitrogens is 4. The molecule has 0 aliphatic carbocycles. The van der Waals surface area contributed by atoms with Crippen LogP contribution in [0.25, 0.3) is 11.1 Å². The predicted octanol–water partition coefficient (Wildman–Crippen LogP) is 4.46. The Labute approximate surface area is 153 Å². The maximum Gasteiger partial charge on any atom is 0.0662 e. The van der Waals surface area contributed by atoms with Crippen LogP contribution < -0.4 is 0 Å². The topological polar surface area (TPSA) is 35.6 Å². The molecule has 0 saturated heterocycles. The molecule has 0 amide bonds. The fourth-order valence-electron chi connectivity index (χ4n) is 3.12. The Morgan fingerprint density at radius 2 is 1.08 bits per heavy atom. The Balaban J connectivity index is 1.51. The van der Waals surface area contributed by atoms with E-state index in [1.807, 2.05) is 21.8 Å². The molecule has 4 nitrogen and oxygen atoms in total. The lowest BCUT2D eigenvalue weighted by Gasteiger charge is -2.05. The minimum atomic E-state index is 0.782. The summed E-state index contributed by atoms with van der Waals surface area (Å²) >= 11 is 0. The third-order valence-electron chi connectivity index (χ3n) is 4.79. The van der Waals surface area contributed by atoms with Gasteiger partial charge in [-0.15, -0.1) is 0 Å². The first kappa shape index (κ1) is 16.3. The lowest BCUT2D eigenvalue weighted by molar-refractivity contribution is 0.683. The first-order valence-corrected chi connectivity index (χ1v) is 8.83. The van der Waals surface area contributed by atoms with E-state index in [4.69, 9.17) is 0 Å². The van der Waals surface area contributed by atoms with Crippen LogP contribution in [0.15, 0.2) is 73.3 Å². The van der Waals surface area contributed by atoms with Gasteiger partial charge in [0.25, 0.3) is 0 Å². The first-order valence-electron chi connectivity index (χ1n) is 8.83. The standard InChI is InChI=1S/C22H22N4/c1-17-7-3-5-9-19(17)13-25-15-21(11-23-25)22-12-24-26(16-22)14-20-10-6-4-8-18(20)2/h3-12,15-16H,13-14H2,1-2H3. The van der Waals surface area contributed by atoms with Crippen LogP contribution in [0.4, 0.5) is 0 Å². The van der Waals surface area contributed by atoms with Gasteiger partial charge in [-0.25, -0.2) is 0 Å². The van der Waals surface area contributed by atoms with Crippen molar-refractivity contribution in [2.75, 3.05) is 0 Å². The van der Waals surface area contributed by atoms with Gasteiger partial charge in [-0.2, -0.15) is 10.2 Å². The van der Waals surface area contributed by atoms with Crippen molar-refractivity contribution < 1.29 is 0 Å². The number of aryl methyl sites for hydroxylation is 2. The summed E-state index contributed by atoms with van der Waals surface area (Å²) in [5.74, 6) is 0. The summed E-state index contributed by atoms with van der Waals surface area (Å²) in [7, 11) is 0. The molecule has 0 N–H and O–H groups in total. The van der Waals surface area contributed by atoms with Gasteiger partial charge in [0, 0.05) is 23.5 Å². The summed E-state index contributed by atoms with van der Waals surface area (Å²) in [6.07, 6.45) is 7.99. The Kier molecular flexibility index (Phi) is 4.40. The molecule has 130 valence electrons. The van der Waals surface area contributed by atoms with Crippen molar-refractivity contribution in [1.29, 1.82) is 0 Å². The number of benzene rings is 2. The van der Waals surface area contributed by atoms with Crippen molar-refractivity contribution in [2.24, 2.45) is 0 Å². The van der Waals surface area contributed by atoms with E-state index >= 15 is 0 Å². The van der Waals surface area contributed by atoms with Crippen molar-refractivity contribution in [3.05, 3.63) is 95.6 Å². The quantitative estimate of drug-likeness (QED) is 0.537. The zero-order chi connectivity index (χ0) is 17.9. The summed E-state index contributed by atoms with van der Waals surface area (Å²) in [4.78, 5) is 0. The minimum Gasteiger partial charge on any atom is -0.268 e. The second kappa shape index (κ2) is 7.00. The smallest absolute Gasteiger partial charge is 0.0662 e. The molecule has 0 fully saturated rings. The van der Waals surface area contributed by atoms with Gasteiger partial charge in [0.2, 0.25) is 0 Å². The Hall–Kier alpha value is -3.14. The van der Waals surface area contributed by atoms with Crippen molar-refractivity contribution in [1.82, 2.24) is 19.6 Å². The van der Waals surface area contributed by atoms with Crippen molar-refractivity contribution in [3.8, 4) is 11.1 Å². The van der Waals surface area contributed by atoms with Crippen LogP contribution in [0.2, 0.25) is 0 Å². The van der Waals surface area contributed by atoms with E-state index in [0.717, 1.165) is 24.2 Å². The zero-order valence-electron chi connectivity index (χ0n) is 15.1. The van der Waals surface area contributed by atoms with E-state index in [9.17, 15) is 0 Å². The molecule has 26 heavy (non-hydrogen) atoms. The van der Waals surface area contributed by atoms with Crippen LogP contribution in [-0.4, -0.2) is 19.6 Å². The van der Waals surface area contributed by atoms with Gasteiger partial charge in [0.05, 0.1) is 25.5 Å².